The zero-order chi connectivity index (χ0) is 21.0. The topological polar surface area (TPSA) is 82.0 Å². The Morgan fingerprint density at radius 1 is 1.28 bits per heavy atom. The summed E-state index contributed by atoms with van der Waals surface area (Å²) in [6.45, 7) is 0. The van der Waals surface area contributed by atoms with Crippen LogP contribution in [-0.2, 0) is 9.59 Å². The van der Waals surface area contributed by atoms with E-state index in [0.717, 1.165) is 11.8 Å². The Morgan fingerprint density at radius 2 is 2.00 bits per heavy atom. The number of anilines is 1. The number of rotatable bonds is 5. The summed E-state index contributed by atoms with van der Waals surface area (Å²) in [5.41, 5.74) is 0.964. The number of benzene rings is 2. The van der Waals surface area contributed by atoms with E-state index < -0.39 is 23.5 Å². The number of hydrogen-bond donors (Lipinski definition) is 2. The number of nitriles is 1. The predicted molar refractivity (Wildman–Crippen MR) is 110 cm³/mol. The summed E-state index contributed by atoms with van der Waals surface area (Å²) in [5, 5.41) is 14.9. The highest BCUT2D eigenvalue weighted by Gasteiger charge is 2.29. The lowest BCUT2D eigenvalue weighted by atomic mass is 9.87. The van der Waals surface area contributed by atoms with Crippen LogP contribution in [0.2, 0.25) is 0 Å². The Morgan fingerprint density at radius 3 is 2.66 bits per heavy atom. The van der Waals surface area contributed by atoms with Gasteiger partial charge in [-0.15, -0.1) is 0 Å². The standard InChI is InChI=1S/C20H14BrF2N3O2S/c21-12-3-6-17(16(23)7-12)25-19(28)10-29-20-15(9-24)14(8-18(27)26-20)11-1-4-13(22)5-2-11/h1-7,14H,8,10H2,(H,25,28)(H,26,27)/t14-/m1/s1. The number of allylic oxidation sites excluding steroid dienone is 1. The molecule has 0 saturated carbocycles. The molecular formula is C20H14BrF2N3O2S. The summed E-state index contributed by atoms with van der Waals surface area (Å²) in [7, 11) is 0. The first-order valence-electron chi connectivity index (χ1n) is 8.44. The third-order valence-electron chi connectivity index (χ3n) is 4.18. The van der Waals surface area contributed by atoms with E-state index in [1.54, 1.807) is 6.07 Å². The summed E-state index contributed by atoms with van der Waals surface area (Å²) in [6.07, 6.45) is 0.0505. The van der Waals surface area contributed by atoms with Gasteiger partial charge in [0.2, 0.25) is 11.8 Å². The molecule has 2 amide bonds. The molecule has 0 spiro atoms. The maximum atomic E-state index is 13.9. The average Bonchev–Trinajstić information content (AvgIpc) is 2.68. The van der Waals surface area contributed by atoms with Gasteiger partial charge in [0.15, 0.2) is 0 Å². The maximum absolute atomic E-state index is 13.9. The minimum absolute atomic E-state index is 0.0326. The monoisotopic (exact) mass is 477 g/mol. The van der Waals surface area contributed by atoms with E-state index in [2.05, 4.69) is 32.6 Å². The van der Waals surface area contributed by atoms with E-state index in [-0.39, 0.29) is 28.8 Å². The van der Waals surface area contributed by atoms with Crippen LogP contribution in [0.1, 0.15) is 17.9 Å². The van der Waals surface area contributed by atoms with Gasteiger partial charge in [-0.3, -0.25) is 9.59 Å². The molecule has 2 aromatic rings. The summed E-state index contributed by atoms with van der Waals surface area (Å²) in [4.78, 5) is 24.3. The SMILES string of the molecule is N#CC1=C(SCC(=O)Nc2ccc(Br)cc2F)NC(=O)C[C@@H]1c1ccc(F)cc1. The summed E-state index contributed by atoms with van der Waals surface area (Å²) < 4.78 is 27.6. The van der Waals surface area contributed by atoms with Crippen molar-refractivity contribution in [1.82, 2.24) is 5.32 Å². The van der Waals surface area contributed by atoms with E-state index in [4.69, 9.17) is 0 Å². The first-order chi connectivity index (χ1) is 13.9. The first-order valence-corrected chi connectivity index (χ1v) is 10.2. The molecule has 29 heavy (non-hydrogen) atoms. The van der Waals surface area contributed by atoms with E-state index in [1.807, 2.05) is 0 Å². The zero-order valence-corrected chi connectivity index (χ0v) is 17.2. The Bertz CT molecular complexity index is 1040. The van der Waals surface area contributed by atoms with Gasteiger partial charge in [0.1, 0.15) is 11.6 Å². The molecule has 5 nitrogen and oxygen atoms in total. The van der Waals surface area contributed by atoms with Crippen LogP contribution in [0.15, 0.2) is 57.5 Å². The van der Waals surface area contributed by atoms with Crippen LogP contribution in [0.3, 0.4) is 0 Å². The van der Waals surface area contributed by atoms with E-state index in [0.29, 0.717) is 15.6 Å². The number of hydrogen-bond acceptors (Lipinski definition) is 4. The second-order valence-electron chi connectivity index (χ2n) is 6.17. The molecule has 2 aromatic carbocycles. The highest BCUT2D eigenvalue weighted by molar-refractivity contribution is 9.10. The molecule has 0 saturated heterocycles. The second-order valence-corrected chi connectivity index (χ2v) is 8.07. The van der Waals surface area contributed by atoms with E-state index in [9.17, 15) is 23.6 Å². The summed E-state index contributed by atoms with van der Waals surface area (Å²) >= 11 is 4.12. The molecule has 1 aliphatic heterocycles. The molecule has 0 aromatic heterocycles. The number of carbonyl (C=O) groups excluding carboxylic acids is 2. The fourth-order valence-electron chi connectivity index (χ4n) is 2.83. The maximum Gasteiger partial charge on any atom is 0.234 e. The van der Waals surface area contributed by atoms with Crippen LogP contribution in [0.4, 0.5) is 14.5 Å². The molecule has 0 radical (unpaired) electrons. The summed E-state index contributed by atoms with van der Waals surface area (Å²) in [6, 6.07) is 11.9. The Labute approximate surface area is 178 Å². The van der Waals surface area contributed by atoms with Crippen molar-refractivity contribution in [3.05, 3.63) is 74.7 Å². The Kier molecular flexibility index (Phi) is 6.67. The van der Waals surface area contributed by atoms with Crippen molar-refractivity contribution in [3.8, 4) is 6.07 Å². The van der Waals surface area contributed by atoms with Crippen molar-refractivity contribution in [2.24, 2.45) is 0 Å². The fourth-order valence-corrected chi connectivity index (χ4v) is 4.04. The average molecular weight is 478 g/mol. The third-order valence-corrected chi connectivity index (χ3v) is 5.69. The van der Waals surface area contributed by atoms with E-state index >= 15 is 0 Å². The predicted octanol–water partition coefficient (Wildman–Crippen LogP) is 4.44. The smallest absolute Gasteiger partial charge is 0.234 e. The number of halogens is 3. The van der Waals surface area contributed by atoms with Crippen LogP contribution in [0, 0.1) is 23.0 Å². The summed E-state index contributed by atoms with van der Waals surface area (Å²) in [5.74, 6) is -2.45. The lowest BCUT2D eigenvalue weighted by Gasteiger charge is -2.25. The van der Waals surface area contributed by atoms with Gasteiger partial charge in [-0.25, -0.2) is 8.78 Å². The van der Waals surface area contributed by atoms with Crippen molar-refractivity contribution in [1.29, 1.82) is 5.26 Å². The molecule has 0 unspecified atom stereocenters. The van der Waals surface area contributed by atoms with Crippen LogP contribution in [0.5, 0.6) is 0 Å². The van der Waals surface area contributed by atoms with Gasteiger partial charge < -0.3 is 10.6 Å². The van der Waals surface area contributed by atoms with Gasteiger partial charge in [-0.2, -0.15) is 5.26 Å². The Balaban J connectivity index is 1.75. The quantitative estimate of drug-likeness (QED) is 0.666. The molecule has 3 rings (SSSR count). The highest BCUT2D eigenvalue weighted by atomic mass is 79.9. The van der Waals surface area contributed by atoms with Gasteiger partial charge >= 0.3 is 0 Å². The van der Waals surface area contributed by atoms with Crippen molar-refractivity contribution < 1.29 is 18.4 Å². The minimum Gasteiger partial charge on any atom is -0.323 e. The van der Waals surface area contributed by atoms with Crippen molar-refractivity contribution in [2.75, 3.05) is 11.1 Å². The van der Waals surface area contributed by atoms with Crippen molar-refractivity contribution >= 4 is 45.2 Å². The normalized spacial score (nSPS) is 16.2. The van der Waals surface area contributed by atoms with Gasteiger partial charge in [-0.1, -0.05) is 39.8 Å². The van der Waals surface area contributed by atoms with Crippen LogP contribution >= 0.6 is 27.7 Å². The second kappa shape index (κ2) is 9.20. The molecule has 2 N–H and O–H groups in total. The lowest BCUT2D eigenvalue weighted by molar-refractivity contribution is -0.121. The molecule has 1 atom stereocenters. The van der Waals surface area contributed by atoms with Crippen LogP contribution in [0.25, 0.3) is 0 Å². The fraction of sp³-hybridized carbons (Fsp3) is 0.150. The third kappa shape index (κ3) is 5.22. The Hall–Kier alpha value is -2.70. The van der Waals surface area contributed by atoms with Crippen LogP contribution < -0.4 is 10.6 Å². The molecule has 0 aliphatic carbocycles. The van der Waals surface area contributed by atoms with E-state index in [1.165, 1.54) is 36.4 Å². The number of thioether (sulfide) groups is 1. The molecule has 1 heterocycles. The molecule has 0 bridgehead atoms. The highest BCUT2D eigenvalue weighted by Crippen LogP contribution is 2.36. The van der Waals surface area contributed by atoms with Gasteiger partial charge in [0, 0.05) is 16.8 Å². The minimum atomic E-state index is -0.586. The molecule has 9 heteroatoms. The van der Waals surface area contributed by atoms with Gasteiger partial charge in [0.25, 0.3) is 0 Å². The van der Waals surface area contributed by atoms with Crippen molar-refractivity contribution in [3.63, 3.8) is 0 Å². The molecule has 0 fully saturated rings. The molecule has 1 aliphatic rings. The zero-order valence-electron chi connectivity index (χ0n) is 14.8. The van der Waals surface area contributed by atoms with Gasteiger partial charge in [0.05, 0.1) is 28.1 Å². The van der Waals surface area contributed by atoms with Crippen molar-refractivity contribution in [2.45, 2.75) is 12.3 Å². The first kappa shape index (κ1) is 21.0. The van der Waals surface area contributed by atoms with Crippen LogP contribution in [-0.4, -0.2) is 17.6 Å². The number of amides is 2. The molecular weight excluding hydrogens is 464 g/mol. The number of nitrogens with zero attached hydrogens (tertiary/aromatic N) is 1. The largest absolute Gasteiger partial charge is 0.323 e. The van der Waals surface area contributed by atoms with Gasteiger partial charge in [-0.05, 0) is 35.9 Å². The number of nitrogens with one attached hydrogen (secondary N) is 2. The lowest BCUT2D eigenvalue weighted by Crippen LogP contribution is -2.31. The molecule has 148 valence electrons. The number of carbonyl (C=O) groups is 2.